The highest BCUT2D eigenvalue weighted by atomic mass is 16.2. The maximum absolute atomic E-state index is 8.66. The van der Waals surface area contributed by atoms with E-state index in [9.17, 15) is 0 Å². The number of nitrogens with two attached hydrogens (primary N) is 1. The first-order chi connectivity index (χ1) is 6.79. The van der Waals surface area contributed by atoms with Crippen molar-refractivity contribution in [3.05, 3.63) is 0 Å². The van der Waals surface area contributed by atoms with E-state index in [1.807, 2.05) is 0 Å². The van der Waals surface area contributed by atoms with Crippen LogP contribution in [0.3, 0.4) is 0 Å². The van der Waals surface area contributed by atoms with E-state index in [2.05, 4.69) is 11.8 Å². The van der Waals surface area contributed by atoms with Crippen LogP contribution in [0.25, 0.3) is 0 Å². The largest absolute Gasteiger partial charge is 0.396 e. The quantitative estimate of drug-likeness (QED) is 0.624. The Hall–Kier alpha value is -0.120. The molecule has 1 rings (SSSR count). The molecule has 0 saturated carbocycles. The summed E-state index contributed by atoms with van der Waals surface area (Å²) in [5, 5.41) is 8.66. The van der Waals surface area contributed by atoms with Gasteiger partial charge in [0.15, 0.2) is 0 Å². The van der Waals surface area contributed by atoms with E-state index in [4.69, 9.17) is 10.8 Å². The van der Waals surface area contributed by atoms with Gasteiger partial charge in [0.25, 0.3) is 0 Å². The molecule has 2 unspecified atom stereocenters. The third kappa shape index (κ3) is 3.23. The van der Waals surface area contributed by atoms with Crippen LogP contribution in [0.1, 0.15) is 32.6 Å². The second kappa shape index (κ2) is 6.38. The Morgan fingerprint density at radius 1 is 1.36 bits per heavy atom. The van der Waals surface area contributed by atoms with Gasteiger partial charge in [-0.25, -0.2) is 0 Å². The topological polar surface area (TPSA) is 49.5 Å². The first-order valence-corrected chi connectivity index (χ1v) is 5.84. The number of aliphatic hydroxyl groups is 1. The molecule has 0 aromatic carbocycles. The highest BCUT2D eigenvalue weighted by Crippen LogP contribution is 2.23. The fraction of sp³-hybridized carbons (Fsp3) is 1.00. The lowest BCUT2D eigenvalue weighted by Crippen LogP contribution is -2.38. The minimum atomic E-state index is 0.330. The molecular formula is C11H24N2O. The number of hydrogen-bond donors (Lipinski definition) is 2. The lowest BCUT2D eigenvalue weighted by atomic mass is 10.0. The molecule has 3 heteroatoms. The van der Waals surface area contributed by atoms with Gasteiger partial charge >= 0.3 is 0 Å². The highest BCUT2D eigenvalue weighted by Gasteiger charge is 2.28. The minimum Gasteiger partial charge on any atom is -0.396 e. The summed E-state index contributed by atoms with van der Waals surface area (Å²) >= 11 is 0. The van der Waals surface area contributed by atoms with Gasteiger partial charge in [0, 0.05) is 19.2 Å². The SMILES string of the molecule is CC1CCN(CCCCCO)C1CN. The predicted molar refractivity (Wildman–Crippen MR) is 59.1 cm³/mol. The Kier molecular flexibility index (Phi) is 5.45. The molecule has 3 N–H and O–H groups in total. The molecule has 1 aliphatic heterocycles. The average Bonchev–Trinajstić information content (AvgIpc) is 2.54. The Morgan fingerprint density at radius 2 is 2.14 bits per heavy atom. The van der Waals surface area contributed by atoms with E-state index in [0.717, 1.165) is 31.8 Å². The summed E-state index contributed by atoms with van der Waals surface area (Å²) < 4.78 is 0. The number of nitrogens with zero attached hydrogens (tertiary/aromatic N) is 1. The summed E-state index contributed by atoms with van der Waals surface area (Å²) in [5.74, 6) is 0.762. The van der Waals surface area contributed by atoms with Crippen LogP contribution in [0.5, 0.6) is 0 Å². The van der Waals surface area contributed by atoms with Gasteiger partial charge in [-0.05, 0) is 44.7 Å². The summed E-state index contributed by atoms with van der Waals surface area (Å²) in [4.78, 5) is 2.52. The third-order valence-electron chi connectivity index (χ3n) is 3.34. The van der Waals surface area contributed by atoms with Crippen molar-refractivity contribution < 1.29 is 5.11 Å². The normalized spacial score (nSPS) is 28.5. The first kappa shape index (κ1) is 12.0. The zero-order chi connectivity index (χ0) is 10.4. The molecule has 0 aliphatic carbocycles. The van der Waals surface area contributed by atoms with Gasteiger partial charge in [0.2, 0.25) is 0 Å². The van der Waals surface area contributed by atoms with Gasteiger partial charge < -0.3 is 10.8 Å². The molecule has 14 heavy (non-hydrogen) atoms. The molecule has 0 aromatic heterocycles. The van der Waals surface area contributed by atoms with Crippen LogP contribution >= 0.6 is 0 Å². The van der Waals surface area contributed by atoms with Gasteiger partial charge in [-0.15, -0.1) is 0 Å². The highest BCUT2D eigenvalue weighted by molar-refractivity contribution is 4.84. The van der Waals surface area contributed by atoms with Crippen molar-refractivity contribution in [2.75, 3.05) is 26.2 Å². The van der Waals surface area contributed by atoms with E-state index in [1.165, 1.54) is 19.4 Å². The summed E-state index contributed by atoms with van der Waals surface area (Å²) in [6, 6.07) is 0.601. The monoisotopic (exact) mass is 200 g/mol. The van der Waals surface area contributed by atoms with E-state index in [-0.39, 0.29) is 0 Å². The van der Waals surface area contributed by atoms with Crippen LogP contribution in [-0.4, -0.2) is 42.3 Å². The second-order valence-electron chi connectivity index (χ2n) is 4.39. The molecule has 1 fully saturated rings. The van der Waals surface area contributed by atoms with Crippen LogP contribution < -0.4 is 5.73 Å². The lowest BCUT2D eigenvalue weighted by Gasteiger charge is -2.25. The molecule has 1 aliphatic rings. The molecule has 1 saturated heterocycles. The Bertz CT molecular complexity index is 152. The van der Waals surface area contributed by atoms with Crippen LogP contribution in [0.2, 0.25) is 0 Å². The Labute approximate surface area is 87.3 Å². The summed E-state index contributed by atoms with van der Waals surface area (Å²) in [5.41, 5.74) is 5.76. The Morgan fingerprint density at radius 3 is 2.79 bits per heavy atom. The molecule has 2 atom stereocenters. The van der Waals surface area contributed by atoms with Crippen LogP contribution in [0.4, 0.5) is 0 Å². The van der Waals surface area contributed by atoms with Crippen molar-refractivity contribution in [3.63, 3.8) is 0 Å². The van der Waals surface area contributed by atoms with Crippen molar-refractivity contribution in [1.29, 1.82) is 0 Å². The maximum atomic E-state index is 8.66. The molecular weight excluding hydrogens is 176 g/mol. The molecule has 0 amide bonds. The molecule has 3 nitrogen and oxygen atoms in total. The van der Waals surface area contributed by atoms with Gasteiger partial charge in [-0.3, -0.25) is 4.90 Å². The molecule has 1 heterocycles. The minimum absolute atomic E-state index is 0.330. The van der Waals surface area contributed by atoms with Crippen molar-refractivity contribution in [2.24, 2.45) is 11.7 Å². The van der Waals surface area contributed by atoms with E-state index in [0.29, 0.717) is 12.6 Å². The van der Waals surface area contributed by atoms with E-state index >= 15 is 0 Å². The molecule has 0 radical (unpaired) electrons. The number of aliphatic hydroxyl groups excluding tert-OH is 1. The summed E-state index contributed by atoms with van der Waals surface area (Å²) in [7, 11) is 0. The molecule has 84 valence electrons. The van der Waals surface area contributed by atoms with Crippen molar-refractivity contribution >= 4 is 0 Å². The van der Waals surface area contributed by atoms with Crippen LogP contribution in [0, 0.1) is 5.92 Å². The fourth-order valence-electron chi connectivity index (χ4n) is 2.35. The molecule has 0 bridgehead atoms. The number of rotatable bonds is 6. The zero-order valence-corrected chi connectivity index (χ0v) is 9.28. The number of unbranched alkanes of at least 4 members (excludes halogenated alkanes) is 2. The van der Waals surface area contributed by atoms with E-state index in [1.54, 1.807) is 0 Å². The first-order valence-electron chi connectivity index (χ1n) is 5.84. The van der Waals surface area contributed by atoms with E-state index < -0.39 is 0 Å². The van der Waals surface area contributed by atoms with Crippen LogP contribution in [-0.2, 0) is 0 Å². The van der Waals surface area contributed by atoms with Gasteiger partial charge in [-0.2, -0.15) is 0 Å². The number of hydrogen-bond acceptors (Lipinski definition) is 3. The van der Waals surface area contributed by atoms with Crippen molar-refractivity contribution in [3.8, 4) is 0 Å². The van der Waals surface area contributed by atoms with Crippen molar-refractivity contribution in [2.45, 2.75) is 38.6 Å². The van der Waals surface area contributed by atoms with Gasteiger partial charge in [0.1, 0.15) is 0 Å². The zero-order valence-electron chi connectivity index (χ0n) is 9.28. The standard InChI is InChI=1S/C11H24N2O/c1-10-5-7-13(11(10)9-12)6-3-2-4-8-14/h10-11,14H,2-9,12H2,1H3. The molecule has 0 aromatic rings. The average molecular weight is 200 g/mol. The van der Waals surface area contributed by atoms with Gasteiger partial charge in [-0.1, -0.05) is 6.92 Å². The second-order valence-corrected chi connectivity index (χ2v) is 4.39. The third-order valence-corrected chi connectivity index (χ3v) is 3.34. The van der Waals surface area contributed by atoms with Crippen LogP contribution in [0.15, 0.2) is 0 Å². The Balaban J connectivity index is 2.17. The van der Waals surface area contributed by atoms with Gasteiger partial charge in [0.05, 0.1) is 0 Å². The smallest absolute Gasteiger partial charge is 0.0431 e. The summed E-state index contributed by atoms with van der Waals surface area (Å²) in [6.07, 6.45) is 4.57. The predicted octanol–water partition coefficient (Wildman–Crippen LogP) is 0.818. The number of likely N-dealkylation sites (tertiary alicyclic amines) is 1. The maximum Gasteiger partial charge on any atom is 0.0431 e. The molecule has 0 spiro atoms. The fourth-order valence-corrected chi connectivity index (χ4v) is 2.35. The van der Waals surface area contributed by atoms with Crippen molar-refractivity contribution in [1.82, 2.24) is 4.90 Å². The summed E-state index contributed by atoms with van der Waals surface area (Å²) in [6.45, 7) is 5.79. The lowest BCUT2D eigenvalue weighted by molar-refractivity contribution is 0.225.